The van der Waals surface area contributed by atoms with Gasteiger partial charge >= 0.3 is 5.97 Å². The molecule has 1 amide bonds. The highest BCUT2D eigenvalue weighted by Crippen LogP contribution is 2.24. The summed E-state index contributed by atoms with van der Waals surface area (Å²) in [5.74, 6) is -0.141. The van der Waals surface area contributed by atoms with E-state index in [2.05, 4.69) is 27.7 Å². The summed E-state index contributed by atoms with van der Waals surface area (Å²) >= 11 is 0. The number of hydrogen-bond donors (Lipinski definition) is 3. The van der Waals surface area contributed by atoms with Gasteiger partial charge in [-0.3, -0.25) is 4.79 Å². The third-order valence-corrected chi connectivity index (χ3v) is 6.83. The minimum atomic E-state index is -0.982. The van der Waals surface area contributed by atoms with Gasteiger partial charge < -0.3 is 25.4 Å². The van der Waals surface area contributed by atoms with Crippen LogP contribution in [0.4, 0.5) is 5.82 Å². The molecule has 1 aliphatic rings. The zero-order valence-corrected chi connectivity index (χ0v) is 22.2. The summed E-state index contributed by atoms with van der Waals surface area (Å²) in [6, 6.07) is 3.45. The van der Waals surface area contributed by atoms with Crippen LogP contribution in [0.5, 0.6) is 0 Å². The number of fused-ring (bicyclic) bond motifs is 1. The van der Waals surface area contributed by atoms with Crippen LogP contribution in [0.3, 0.4) is 0 Å². The lowest BCUT2D eigenvalue weighted by Gasteiger charge is -2.26. The molecular weight excluding hydrogens is 444 g/mol. The zero-order valence-electron chi connectivity index (χ0n) is 22.2. The molecule has 0 spiro atoms. The Morgan fingerprint density at radius 2 is 2.03 bits per heavy atom. The Morgan fingerprint density at radius 1 is 1.23 bits per heavy atom. The van der Waals surface area contributed by atoms with Crippen LogP contribution in [-0.2, 0) is 27.2 Å². The van der Waals surface area contributed by atoms with Crippen LogP contribution in [0.25, 0.3) is 0 Å². The van der Waals surface area contributed by atoms with E-state index >= 15 is 0 Å². The number of nitrogens with one attached hydrogen (secondary N) is 2. The fourth-order valence-corrected chi connectivity index (χ4v) is 4.20. The van der Waals surface area contributed by atoms with Gasteiger partial charge in [-0.25, -0.2) is 9.78 Å². The largest absolute Gasteiger partial charge is 0.480 e. The van der Waals surface area contributed by atoms with Crippen molar-refractivity contribution in [2.75, 3.05) is 44.7 Å². The molecule has 2 rings (SSSR count). The van der Waals surface area contributed by atoms with Crippen LogP contribution in [0.15, 0.2) is 12.1 Å². The lowest BCUT2D eigenvalue weighted by atomic mass is 9.86. The molecular formula is C27H46N4O4. The van der Waals surface area contributed by atoms with Crippen molar-refractivity contribution in [1.82, 2.24) is 15.2 Å². The highest BCUT2D eigenvalue weighted by atomic mass is 16.5. The number of rotatable bonds is 17. The molecule has 0 aliphatic carbocycles. The number of carbonyl (C=O) groups is 2. The second-order valence-corrected chi connectivity index (χ2v) is 10.3. The van der Waals surface area contributed by atoms with Gasteiger partial charge in [-0.05, 0) is 69.0 Å². The van der Waals surface area contributed by atoms with Gasteiger partial charge in [-0.15, -0.1) is 0 Å². The highest BCUT2D eigenvalue weighted by Gasteiger charge is 2.25. The van der Waals surface area contributed by atoms with Crippen molar-refractivity contribution in [3.8, 4) is 0 Å². The summed E-state index contributed by atoms with van der Waals surface area (Å²) in [6.07, 6.45) is 6.75. The Bertz CT molecular complexity index is 799. The maximum Gasteiger partial charge on any atom is 0.326 e. The molecule has 1 aromatic rings. The number of aliphatic carboxylic acids is 1. The number of amides is 1. The van der Waals surface area contributed by atoms with Crippen molar-refractivity contribution in [3.63, 3.8) is 0 Å². The SMILES string of the molecule is CCOCCN(CCCCc1ccc2c(n1)NCCC2)CCC(NC(=O)CC(C)(C)CC)C(=O)O. The van der Waals surface area contributed by atoms with Gasteiger partial charge in [-0.1, -0.05) is 33.3 Å². The van der Waals surface area contributed by atoms with Gasteiger partial charge in [0.1, 0.15) is 11.9 Å². The van der Waals surface area contributed by atoms with Crippen LogP contribution in [0, 0.1) is 5.41 Å². The quantitative estimate of drug-likeness (QED) is 0.285. The van der Waals surface area contributed by atoms with E-state index in [0.29, 0.717) is 32.6 Å². The van der Waals surface area contributed by atoms with Gasteiger partial charge in [0.15, 0.2) is 0 Å². The minimum absolute atomic E-state index is 0.139. The van der Waals surface area contributed by atoms with Gasteiger partial charge in [-0.2, -0.15) is 0 Å². The fraction of sp³-hybridized carbons (Fsp3) is 0.741. The molecule has 1 aliphatic heterocycles. The first-order valence-electron chi connectivity index (χ1n) is 13.3. The first-order chi connectivity index (χ1) is 16.7. The molecule has 3 N–H and O–H groups in total. The first kappa shape index (κ1) is 29.0. The Kier molecular flexibility index (Phi) is 12.5. The number of carboxylic acids is 1. The number of carbonyl (C=O) groups excluding carboxylic acids is 1. The standard InChI is InChI=1S/C27H46N4O4/c1-5-27(3,4)20-24(32)30-23(26(33)34)14-17-31(18-19-35-6-2)16-8-7-11-22-13-12-21-10-9-15-28-25(21)29-22/h12-13,23H,5-11,14-20H2,1-4H3,(H,28,29)(H,30,32)(H,33,34). The number of carboxylic acid groups (broad SMARTS) is 1. The van der Waals surface area contributed by atoms with Crippen LogP contribution in [0.1, 0.15) is 77.5 Å². The number of unbranched alkanes of at least 4 members (excludes halogenated alkanes) is 1. The van der Waals surface area contributed by atoms with Gasteiger partial charge in [0.2, 0.25) is 5.91 Å². The number of pyridine rings is 1. The van der Waals surface area contributed by atoms with E-state index in [1.807, 2.05) is 27.7 Å². The maximum atomic E-state index is 12.4. The molecule has 0 saturated heterocycles. The molecule has 35 heavy (non-hydrogen) atoms. The predicted octanol–water partition coefficient (Wildman–Crippen LogP) is 3.89. The molecule has 8 heteroatoms. The van der Waals surface area contributed by atoms with E-state index in [1.54, 1.807) is 0 Å². The molecule has 2 heterocycles. The van der Waals surface area contributed by atoms with Crippen molar-refractivity contribution in [2.45, 2.75) is 85.1 Å². The summed E-state index contributed by atoms with van der Waals surface area (Å²) in [4.78, 5) is 31.2. The van der Waals surface area contributed by atoms with E-state index < -0.39 is 12.0 Å². The van der Waals surface area contributed by atoms with Crippen molar-refractivity contribution in [2.24, 2.45) is 5.41 Å². The summed E-state index contributed by atoms with van der Waals surface area (Å²) in [6.45, 7) is 12.5. The molecule has 1 unspecified atom stereocenters. The molecule has 0 fully saturated rings. The topological polar surface area (TPSA) is 104 Å². The van der Waals surface area contributed by atoms with Crippen molar-refractivity contribution >= 4 is 17.7 Å². The normalized spacial score (nSPS) is 14.3. The lowest BCUT2D eigenvalue weighted by molar-refractivity contribution is -0.142. The van der Waals surface area contributed by atoms with Crippen LogP contribution in [-0.4, -0.2) is 72.3 Å². The number of hydrogen-bond acceptors (Lipinski definition) is 6. The average molecular weight is 491 g/mol. The fourth-order valence-electron chi connectivity index (χ4n) is 4.20. The first-order valence-corrected chi connectivity index (χ1v) is 13.3. The van der Waals surface area contributed by atoms with Gasteiger partial charge in [0, 0.05) is 38.4 Å². The molecule has 8 nitrogen and oxygen atoms in total. The second kappa shape index (κ2) is 15.0. The monoisotopic (exact) mass is 490 g/mol. The number of anilines is 1. The van der Waals surface area contributed by atoms with Crippen molar-refractivity contribution < 1.29 is 19.4 Å². The van der Waals surface area contributed by atoms with Crippen LogP contribution in [0.2, 0.25) is 0 Å². The molecule has 0 aromatic carbocycles. The Balaban J connectivity index is 1.82. The third-order valence-electron chi connectivity index (χ3n) is 6.83. The molecule has 0 radical (unpaired) electrons. The third kappa shape index (κ3) is 10.9. The Hall–Kier alpha value is -2.19. The molecule has 1 atom stereocenters. The number of aromatic nitrogens is 1. The number of aryl methyl sites for hydroxylation is 2. The molecule has 198 valence electrons. The van der Waals surface area contributed by atoms with E-state index in [4.69, 9.17) is 9.72 Å². The smallest absolute Gasteiger partial charge is 0.326 e. The molecule has 0 bridgehead atoms. The van der Waals surface area contributed by atoms with Crippen LogP contribution < -0.4 is 10.6 Å². The van der Waals surface area contributed by atoms with E-state index in [0.717, 1.165) is 69.7 Å². The lowest BCUT2D eigenvalue weighted by Crippen LogP contribution is -2.44. The van der Waals surface area contributed by atoms with Gasteiger partial charge in [0.05, 0.1) is 6.61 Å². The number of ether oxygens (including phenoxy) is 1. The second-order valence-electron chi connectivity index (χ2n) is 10.3. The van der Waals surface area contributed by atoms with E-state index in [1.165, 1.54) is 5.56 Å². The predicted molar refractivity (Wildman–Crippen MR) is 140 cm³/mol. The zero-order chi connectivity index (χ0) is 25.7. The summed E-state index contributed by atoms with van der Waals surface area (Å²) in [5, 5.41) is 15.8. The van der Waals surface area contributed by atoms with Crippen molar-refractivity contribution in [1.29, 1.82) is 0 Å². The summed E-state index contributed by atoms with van der Waals surface area (Å²) in [7, 11) is 0. The Morgan fingerprint density at radius 3 is 2.74 bits per heavy atom. The molecule has 0 saturated carbocycles. The number of nitrogens with zero attached hydrogens (tertiary/aromatic N) is 2. The minimum Gasteiger partial charge on any atom is -0.480 e. The highest BCUT2D eigenvalue weighted by molar-refractivity contribution is 5.83. The molecule has 1 aromatic heterocycles. The average Bonchev–Trinajstić information content (AvgIpc) is 2.83. The van der Waals surface area contributed by atoms with Crippen molar-refractivity contribution in [3.05, 3.63) is 23.4 Å². The van der Waals surface area contributed by atoms with Crippen LogP contribution >= 0.6 is 0 Å². The summed E-state index contributed by atoms with van der Waals surface area (Å²) in [5.41, 5.74) is 2.28. The Labute approximate surface area is 211 Å². The van der Waals surface area contributed by atoms with Gasteiger partial charge in [0.25, 0.3) is 0 Å². The van der Waals surface area contributed by atoms with E-state index in [9.17, 15) is 14.7 Å². The van der Waals surface area contributed by atoms with E-state index in [-0.39, 0.29) is 11.3 Å². The summed E-state index contributed by atoms with van der Waals surface area (Å²) < 4.78 is 5.53. The maximum absolute atomic E-state index is 12.4.